The van der Waals surface area contributed by atoms with Crippen molar-refractivity contribution in [3.05, 3.63) is 59.4 Å². The normalized spacial score (nSPS) is 11.0. The molecule has 0 unspecified atom stereocenters. The van der Waals surface area contributed by atoms with Gasteiger partial charge in [-0.05, 0) is 24.3 Å². The Hall–Kier alpha value is -1.84. The zero-order valence-electron chi connectivity index (χ0n) is 9.68. The summed E-state index contributed by atoms with van der Waals surface area (Å²) in [5, 5.41) is 0.703. The van der Waals surface area contributed by atoms with E-state index in [2.05, 4.69) is 4.98 Å². The Labute approximate surface area is 110 Å². The number of rotatable bonds is 2. The molecule has 0 bridgehead atoms. The third kappa shape index (κ3) is 1.78. The lowest BCUT2D eigenvalue weighted by Crippen LogP contribution is -1.96. The Bertz CT molecular complexity index is 703. The molecule has 3 nitrogen and oxygen atoms in total. The number of halogens is 1. The van der Waals surface area contributed by atoms with Gasteiger partial charge in [0.25, 0.3) is 0 Å². The van der Waals surface area contributed by atoms with Crippen molar-refractivity contribution in [1.82, 2.24) is 9.38 Å². The van der Waals surface area contributed by atoms with E-state index in [-0.39, 0.29) is 0 Å². The van der Waals surface area contributed by atoms with Crippen molar-refractivity contribution in [2.45, 2.75) is 6.54 Å². The van der Waals surface area contributed by atoms with Gasteiger partial charge in [-0.25, -0.2) is 4.98 Å². The smallest absolute Gasteiger partial charge is 0.144 e. The van der Waals surface area contributed by atoms with Gasteiger partial charge >= 0.3 is 0 Å². The van der Waals surface area contributed by atoms with E-state index < -0.39 is 0 Å². The number of nitrogens with two attached hydrogens (primary N) is 1. The Morgan fingerprint density at radius 1 is 1.17 bits per heavy atom. The van der Waals surface area contributed by atoms with Gasteiger partial charge in [-0.15, -0.1) is 0 Å². The van der Waals surface area contributed by atoms with E-state index in [0.717, 1.165) is 22.6 Å². The fourth-order valence-electron chi connectivity index (χ4n) is 2.08. The third-order valence-electron chi connectivity index (χ3n) is 2.90. The largest absolute Gasteiger partial charge is 0.325 e. The van der Waals surface area contributed by atoms with Crippen LogP contribution in [0.5, 0.6) is 0 Å². The van der Waals surface area contributed by atoms with Crippen molar-refractivity contribution in [2.75, 3.05) is 0 Å². The minimum atomic E-state index is 0.425. The van der Waals surface area contributed by atoms with Crippen molar-refractivity contribution in [2.24, 2.45) is 5.73 Å². The lowest BCUT2D eigenvalue weighted by atomic mass is 10.2. The van der Waals surface area contributed by atoms with Gasteiger partial charge in [0.15, 0.2) is 0 Å². The Morgan fingerprint density at radius 3 is 2.83 bits per heavy atom. The summed E-state index contributed by atoms with van der Waals surface area (Å²) in [5.74, 6) is 0.869. The number of fused-ring (bicyclic) bond motifs is 1. The maximum atomic E-state index is 6.02. The van der Waals surface area contributed by atoms with Crippen LogP contribution in [0.15, 0.2) is 48.7 Å². The monoisotopic (exact) mass is 257 g/mol. The zero-order chi connectivity index (χ0) is 12.5. The molecule has 18 heavy (non-hydrogen) atoms. The maximum absolute atomic E-state index is 6.02. The summed E-state index contributed by atoms with van der Waals surface area (Å²) in [4.78, 5) is 4.60. The molecule has 3 aromatic rings. The quantitative estimate of drug-likeness (QED) is 0.767. The van der Waals surface area contributed by atoms with Crippen LogP contribution in [0, 0.1) is 0 Å². The molecular weight excluding hydrogens is 246 g/mol. The second-order valence-corrected chi connectivity index (χ2v) is 4.49. The third-order valence-corrected chi connectivity index (χ3v) is 3.14. The van der Waals surface area contributed by atoms with Crippen LogP contribution in [0.4, 0.5) is 0 Å². The number of hydrogen-bond donors (Lipinski definition) is 1. The van der Waals surface area contributed by atoms with Gasteiger partial charge in [0.1, 0.15) is 5.82 Å². The van der Waals surface area contributed by atoms with Crippen molar-refractivity contribution in [3.8, 4) is 11.4 Å². The van der Waals surface area contributed by atoms with Crippen LogP contribution in [0.2, 0.25) is 5.02 Å². The van der Waals surface area contributed by atoms with Crippen LogP contribution in [-0.2, 0) is 6.54 Å². The van der Waals surface area contributed by atoms with E-state index in [9.17, 15) is 0 Å². The number of benzene rings is 1. The van der Waals surface area contributed by atoms with Crippen molar-refractivity contribution in [3.63, 3.8) is 0 Å². The molecule has 2 N–H and O–H groups in total. The molecule has 90 valence electrons. The van der Waals surface area contributed by atoms with Gasteiger partial charge in [-0.1, -0.05) is 29.8 Å². The predicted molar refractivity (Wildman–Crippen MR) is 73.5 cm³/mol. The first-order valence-electron chi connectivity index (χ1n) is 5.71. The van der Waals surface area contributed by atoms with Crippen LogP contribution in [0.1, 0.15) is 5.69 Å². The highest BCUT2D eigenvalue weighted by atomic mass is 35.5. The number of aromatic nitrogens is 2. The van der Waals surface area contributed by atoms with E-state index >= 15 is 0 Å². The first-order valence-corrected chi connectivity index (χ1v) is 6.09. The lowest BCUT2D eigenvalue weighted by molar-refractivity contribution is 1.02. The molecule has 3 rings (SSSR count). The van der Waals surface area contributed by atoms with E-state index in [4.69, 9.17) is 17.3 Å². The van der Waals surface area contributed by atoms with Gasteiger partial charge in [-0.3, -0.25) is 4.40 Å². The molecule has 0 aliphatic heterocycles. The van der Waals surface area contributed by atoms with Crippen LogP contribution >= 0.6 is 11.6 Å². The summed E-state index contributed by atoms with van der Waals surface area (Å²) in [5.41, 5.74) is 8.66. The van der Waals surface area contributed by atoms with Crippen LogP contribution in [-0.4, -0.2) is 9.38 Å². The standard InChI is InChI=1S/C14H12ClN3/c15-11-5-3-4-10(8-11)14-17-12(9-16)13-6-1-2-7-18(13)14/h1-8H,9,16H2. The topological polar surface area (TPSA) is 43.3 Å². The average molecular weight is 258 g/mol. The highest BCUT2D eigenvalue weighted by molar-refractivity contribution is 6.30. The van der Waals surface area contributed by atoms with Gasteiger partial charge in [-0.2, -0.15) is 0 Å². The summed E-state index contributed by atoms with van der Waals surface area (Å²) in [6.45, 7) is 0.425. The highest BCUT2D eigenvalue weighted by Crippen LogP contribution is 2.24. The Kier molecular flexibility index (Phi) is 2.78. The van der Waals surface area contributed by atoms with Gasteiger partial charge in [0.05, 0.1) is 11.2 Å². The molecule has 0 atom stereocenters. The van der Waals surface area contributed by atoms with Crippen LogP contribution in [0.25, 0.3) is 16.9 Å². The molecule has 0 fully saturated rings. The minimum absolute atomic E-state index is 0.425. The van der Waals surface area contributed by atoms with Crippen LogP contribution < -0.4 is 5.73 Å². The molecule has 0 aliphatic rings. The molecule has 0 saturated heterocycles. The van der Waals surface area contributed by atoms with Crippen molar-refractivity contribution >= 4 is 17.1 Å². The van der Waals surface area contributed by atoms with Crippen LogP contribution in [0.3, 0.4) is 0 Å². The van der Waals surface area contributed by atoms with Crippen molar-refractivity contribution < 1.29 is 0 Å². The molecule has 0 radical (unpaired) electrons. The van der Waals surface area contributed by atoms with Gasteiger partial charge < -0.3 is 5.73 Å². The first-order chi connectivity index (χ1) is 8.79. The molecule has 0 amide bonds. The number of pyridine rings is 1. The maximum Gasteiger partial charge on any atom is 0.144 e. The van der Waals surface area contributed by atoms with Gasteiger partial charge in [0.2, 0.25) is 0 Å². The van der Waals surface area contributed by atoms with E-state index in [0.29, 0.717) is 11.6 Å². The lowest BCUT2D eigenvalue weighted by Gasteiger charge is -2.01. The SMILES string of the molecule is NCc1nc(-c2cccc(Cl)c2)n2ccccc12. The molecular formula is C14H12ClN3. The fraction of sp³-hybridized carbons (Fsp3) is 0.0714. The Balaban J connectivity index is 2.29. The van der Waals surface area contributed by atoms with E-state index in [1.165, 1.54) is 0 Å². The molecule has 2 heterocycles. The number of imidazole rings is 1. The molecule has 0 saturated carbocycles. The van der Waals surface area contributed by atoms with E-state index in [1.54, 1.807) is 0 Å². The minimum Gasteiger partial charge on any atom is -0.325 e. The first kappa shape index (κ1) is 11.3. The summed E-state index contributed by atoms with van der Waals surface area (Å²) in [6, 6.07) is 13.6. The predicted octanol–water partition coefficient (Wildman–Crippen LogP) is 3.11. The summed E-state index contributed by atoms with van der Waals surface area (Å²) >= 11 is 6.02. The Morgan fingerprint density at radius 2 is 2.06 bits per heavy atom. The molecule has 0 spiro atoms. The molecule has 1 aromatic carbocycles. The molecule has 0 aliphatic carbocycles. The fourth-order valence-corrected chi connectivity index (χ4v) is 2.27. The second kappa shape index (κ2) is 4.44. The average Bonchev–Trinajstić information content (AvgIpc) is 2.77. The number of hydrogen-bond acceptors (Lipinski definition) is 2. The summed E-state index contributed by atoms with van der Waals surface area (Å²) in [7, 11) is 0. The molecule has 2 aromatic heterocycles. The zero-order valence-corrected chi connectivity index (χ0v) is 10.4. The molecule has 4 heteroatoms. The van der Waals surface area contributed by atoms with E-state index in [1.807, 2.05) is 53.1 Å². The second-order valence-electron chi connectivity index (χ2n) is 4.05. The van der Waals surface area contributed by atoms with Crippen molar-refractivity contribution in [1.29, 1.82) is 0 Å². The highest BCUT2D eigenvalue weighted by Gasteiger charge is 2.10. The van der Waals surface area contributed by atoms with Gasteiger partial charge in [0, 0.05) is 23.3 Å². The summed E-state index contributed by atoms with van der Waals surface area (Å²) < 4.78 is 2.04. The number of nitrogens with zero attached hydrogens (tertiary/aromatic N) is 2. The summed E-state index contributed by atoms with van der Waals surface area (Å²) in [6.07, 6.45) is 1.98.